The third-order valence-corrected chi connectivity index (χ3v) is 3.62. The molecule has 0 aliphatic carbocycles. The molecule has 1 aromatic carbocycles. The molecule has 0 fully saturated rings. The highest BCUT2D eigenvalue weighted by atomic mass is 79.9. The molecule has 0 saturated heterocycles. The molecule has 1 aromatic rings. The van der Waals surface area contributed by atoms with Crippen LogP contribution in [0.1, 0.15) is 33.3 Å². The lowest BCUT2D eigenvalue weighted by atomic mass is 9.88. The first-order chi connectivity index (χ1) is 8.01. The topological polar surface area (TPSA) is 12.0 Å². The van der Waals surface area contributed by atoms with Gasteiger partial charge in [0, 0.05) is 16.2 Å². The van der Waals surface area contributed by atoms with Crippen LogP contribution in [-0.2, 0) is 6.18 Å². The number of hydrogen-bond donors (Lipinski definition) is 1. The lowest BCUT2D eigenvalue weighted by Gasteiger charge is -2.29. The molecule has 0 amide bonds. The Balaban J connectivity index is 2.94. The van der Waals surface area contributed by atoms with Gasteiger partial charge in [-0.25, -0.2) is 0 Å². The van der Waals surface area contributed by atoms with Gasteiger partial charge in [0.25, 0.3) is 0 Å². The largest absolute Gasteiger partial charge is 0.416 e. The van der Waals surface area contributed by atoms with Crippen molar-refractivity contribution >= 4 is 21.6 Å². The van der Waals surface area contributed by atoms with Crippen LogP contribution in [0.4, 0.5) is 18.9 Å². The Bertz CT molecular complexity index is 421. The van der Waals surface area contributed by atoms with Gasteiger partial charge in [-0.2, -0.15) is 13.2 Å². The summed E-state index contributed by atoms with van der Waals surface area (Å²) in [7, 11) is 0. The Morgan fingerprint density at radius 3 is 2.11 bits per heavy atom. The van der Waals surface area contributed by atoms with E-state index in [9.17, 15) is 13.2 Å². The Morgan fingerprint density at radius 2 is 1.72 bits per heavy atom. The molecule has 0 radical (unpaired) electrons. The molecule has 1 N–H and O–H groups in total. The fourth-order valence-corrected chi connectivity index (χ4v) is 1.75. The van der Waals surface area contributed by atoms with Gasteiger partial charge in [-0.05, 0) is 46.5 Å². The maximum Gasteiger partial charge on any atom is 0.416 e. The third kappa shape index (κ3) is 3.90. The Kier molecular flexibility index (Phi) is 4.36. The molecule has 102 valence electrons. The molecule has 1 unspecified atom stereocenters. The molecule has 1 atom stereocenters. The first kappa shape index (κ1) is 15.3. The van der Waals surface area contributed by atoms with Crippen LogP contribution in [0, 0.1) is 5.41 Å². The summed E-state index contributed by atoms with van der Waals surface area (Å²) in [6.45, 7) is 8.22. The summed E-state index contributed by atoms with van der Waals surface area (Å²) < 4.78 is 38.0. The molecule has 0 heterocycles. The first-order valence-electron chi connectivity index (χ1n) is 5.65. The van der Waals surface area contributed by atoms with E-state index in [1.807, 2.05) is 6.92 Å². The SMILES string of the molecule is CC(Nc1ccc(C(F)(F)F)cc1Br)C(C)(C)C. The van der Waals surface area contributed by atoms with Crippen molar-refractivity contribution < 1.29 is 13.2 Å². The molecule has 0 spiro atoms. The molecule has 18 heavy (non-hydrogen) atoms. The van der Waals surface area contributed by atoms with Crippen LogP contribution in [0.25, 0.3) is 0 Å². The van der Waals surface area contributed by atoms with Gasteiger partial charge in [-0.1, -0.05) is 20.8 Å². The number of rotatable bonds is 2. The summed E-state index contributed by atoms with van der Waals surface area (Å²) in [6, 6.07) is 3.78. The number of benzene rings is 1. The molecule has 1 nitrogen and oxygen atoms in total. The standard InChI is InChI=1S/C13H17BrF3N/c1-8(12(2,3)4)18-11-6-5-9(7-10(11)14)13(15,16)17/h5-8,18H,1-4H3. The quantitative estimate of drug-likeness (QED) is 0.777. The maximum absolute atomic E-state index is 12.5. The zero-order valence-corrected chi connectivity index (χ0v) is 12.4. The number of halogens is 4. The van der Waals surface area contributed by atoms with E-state index in [0.717, 1.165) is 12.1 Å². The number of hydrogen-bond acceptors (Lipinski definition) is 1. The summed E-state index contributed by atoms with van der Waals surface area (Å²) in [4.78, 5) is 0. The molecular formula is C13H17BrF3N. The first-order valence-corrected chi connectivity index (χ1v) is 6.44. The highest BCUT2D eigenvalue weighted by Crippen LogP contribution is 2.35. The second-order valence-corrected chi connectivity index (χ2v) is 6.28. The second-order valence-electron chi connectivity index (χ2n) is 5.42. The molecule has 5 heteroatoms. The van der Waals surface area contributed by atoms with Crippen LogP contribution >= 0.6 is 15.9 Å². The van der Waals surface area contributed by atoms with Crippen LogP contribution in [-0.4, -0.2) is 6.04 Å². The van der Waals surface area contributed by atoms with Crippen molar-refractivity contribution in [3.05, 3.63) is 28.2 Å². The number of anilines is 1. The monoisotopic (exact) mass is 323 g/mol. The molecule has 0 aliphatic rings. The lowest BCUT2D eigenvalue weighted by molar-refractivity contribution is -0.137. The van der Waals surface area contributed by atoms with Gasteiger partial charge in [0.05, 0.1) is 5.56 Å². The zero-order chi connectivity index (χ0) is 14.1. The van der Waals surface area contributed by atoms with Crippen LogP contribution in [0.2, 0.25) is 0 Å². The smallest absolute Gasteiger partial charge is 0.381 e. The number of alkyl halides is 3. The van der Waals surface area contributed by atoms with Gasteiger partial charge < -0.3 is 5.32 Å². The van der Waals surface area contributed by atoms with E-state index in [1.54, 1.807) is 0 Å². The van der Waals surface area contributed by atoms with E-state index >= 15 is 0 Å². The Hall–Kier alpha value is -0.710. The minimum atomic E-state index is -4.31. The highest BCUT2D eigenvalue weighted by molar-refractivity contribution is 9.10. The van der Waals surface area contributed by atoms with Gasteiger partial charge in [-0.15, -0.1) is 0 Å². The lowest BCUT2D eigenvalue weighted by Crippen LogP contribution is -2.30. The van der Waals surface area contributed by atoms with Crippen LogP contribution in [0.3, 0.4) is 0 Å². The van der Waals surface area contributed by atoms with E-state index < -0.39 is 11.7 Å². The second kappa shape index (κ2) is 5.11. The minimum Gasteiger partial charge on any atom is -0.381 e. The normalized spacial score (nSPS) is 14.4. The maximum atomic E-state index is 12.5. The Labute approximate surface area is 114 Å². The molecule has 1 rings (SSSR count). The number of nitrogens with one attached hydrogen (secondary N) is 1. The molecular weight excluding hydrogens is 307 g/mol. The summed E-state index contributed by atoms with van der Waals surface area (Å²) in [5, 5.41) is 3.21. The van der Waals surface area contributed by atoms with E-state index in [4.69, 9.17) is 0 Å². The van der Waals surface area contributed by atoms with Crippen molar-refractivity contribution in [2.45, 2.75) is 39.9 Å². The van der Waals surface area contributed by atoms with Gasteiger partial charge in [0.2, 0.25) is 0 Å². The minimum absolute atomic E-state index is 0.0299. The van der Waals surface area contributed by atoms with Gasteiger partial charge in [0.15, 0.2) is 0 Å². The predicted octanol–water partition coefficient (Wildman–Crippen LogP) is 5.31. The van der Waals surface area contributed by atoms with E-state index in [0.29, 0.717) is 10.2 Å². The van der Waals surface area contributed by atoms with E-state index in [1.165, 1.54) is 6.07 Å². The van der Waals surface area contributed by atoms with Crippen molar-refractivity contribution in [1.82, 2.24) is 0 Å². The summed E-state index contributed by atoms with van der Waals surface area (Å²) in [5.41, 5.74) is 0.0519. The van der Waals surface area contributed by atoms with Gasteiger partial charge in [-0.3, -0.25) is 0 Å². The summed E-state index contributed by atoms with van der Waals surface area (Å²) in [6.07, 6.45) is -4.31. The van der Waals surface area contributed by atoms with Crippen LogP contribution in [0.15, 0.2) is 22.7 Å². The van der Waals surface area contributed by atoms with Crippen molar-refractivity contribution in [3.8, 4) is 0 Å². The average molecular weight is 324 g/mol. The average Bonchev–Trinajstić information content (AvgIpc) is 2.17. The van der Waals surface area contributed by atoms with Crippen LogP contribution in [0.5, 0.6) is 0 Å². The van der Waals surface area contributed by atoms with E-state index in [2.05, 4.69) is 42.0 Å². The van der Waals surface area contributed by atoms with Crippen molar-refractivity contribution in [2.24, 2.45) is 5.41 Å². The highest BCUT2D eigenvalue weighted by Gasteiger charge is 2.31. The predicted molar refractivity (Wildman–Crippen MR) is 71.7 cm³/mol. The zero-order valence-electron chi connectivity index (χ0n) is 10.8. The van der Waals surface area contributed by atoms with Gasteiger partial charge in [0.1, 0.15) is 0 Å². The van der Waals surface area contributed by atoms with E-state index in [-0.39, 0.29) is 11.5 Å². The van der Waals surface area contributed by atoms with Crippen molar-refractivity contribution in [1.29, 1.82) is 0 Å². The van der Waals surface area contributed by atoms with Crippen LogP contribution < -0.4 is 5.32 Å². The molecule has 0 bridgehead atoms. The summed E-state index contributed by atoms with van der Waals surface area (Å²) in [5.74, 6) is 0. The van der Waals surface area contributed by atoms with Crippen molar-refractivity contribution in [2.75, 3.05) is 5.32 Å². The van der Waals surface area contributed by atoms with Crippen molar-refractivity contribution in [3.63, 3.8) is 0 Å². The van der Waals surface area contributed by atoms with Gasteiger partial charge >= 0.3 is 6.18 Å². The summed E-state index contributed by atoms with van der Waals surface area (Å²) >= 11 is 3.17. The third-order valence-electron chi connectivity index (χ3n) is 2.97. The molecule has 0 aliphatic heterocycles. The fourth-order valence-electron chi connectivity index (χ4n) is 1.26. The molecule has 0 aromatic heterocycles. The Morgan fingerprint density at radius 1 is 1.17 bits per heavy atom. The molecule has 0 saturated carbocycles. The fraction of sp³-hybridized carbons (Fsp3) is 0.538.